The first kappa shape index (κ1) is 12.1. The third-order valence-electron chi connectivity index (χ3n) is 3.52. The molecule has 0 aliphatic carbocycles. The lowest BCUT2D eigenvalue weighted by molar-refractivity contribution is 0.0662. The van der Waals surface area contributed by atoms with E-state index >= 15 is 0 Å². The van der Waals surface area contributed by atoms with Crippen molar-refractivity contribution < 1.29 is 4.74 Å². The average molecular weight is 259 g/mol. The average Bonchev–Trinajstić information content (AvgIpc) is 2.89. The molecular weight excluding hydrogens is 242 g/mol. The predicted octanol–water partition coefficient (Wildman–Crippen LogP) is 1.58. The second-order valence-corrected chi connectivity index (χ2v) is 4.86. The fraction of sp³-hybridized carbons (Fsp3) is 0.462. The molecule has 1 aliphatic rings. The number of tetrazole rings is 1. The van der Waals surface area contributed by atoms with Gasteiger partial charge in [0, 0.05) is 24.5 Å². The van der Waals surface area contributed by atoms with Crippen LogP contribution in [0.3, 0.4) is 0 Å². The minimum atomic E-state index is 0.315. The molecule has 100 valence electrons. The SMILES string of the molecule is Cc1cc(N)ccc1-c1nnnn1C1CCOCC1. The molecule has 2 N–H and O–H groups in total. The molecule has 0 saturated carbocycles. The van der Waals surface area contributed by atoms with Crippen molar-refractivity contribution in [3.05, 3.63) is 23.8 Å². The number of anilines is 1. The lowest BCUT2D eigenvalue weighted by Gasteiger charge is -2.23. The van der Waals surface area contributed by atoms with E-state index in [1.807, 2.05) is 29.8 Å². The van der Waals surface area contributed by atoms with Crippen molar-refractivity contribution in [2.75, 3.05) is 18.9 Å². The number of nitrogens with zero attached hydrogens (tertiary/aromatic N) is 4. The van der Waals surface area contributed by atoms with E-state index in [-0.39, 0.29) is 0 Å². The largest absolute Gasteiger partial charge is 0.399 e. The van der Waals surface area contributed by atoms with E-state index in [4.69, 9.17) is 10.5 Å². The lowest BCUT2D eigenvalue weighted by atomic mass is 10.1. The fourth-order valence-electron chi connectivity index (χ4n) is 2.48. The lowest BCUT2D eigenvalue weighted by Crippen LogP contribution is -2.21. The number of aryl methyl sites for hydroxylation is 1. The first-order chi connectivity index (χ1) is 9.25. The Bertz CT molecular complexity index is 574. The van der Waals surface area contributed by atoms with Crippen molar-refractivity contribution >= 4 is 5.69 Å². The molecule has 2 aromatic rings. The Morgan fingerprint density at radius 1 is 1.32 bits per heavy atom. The Kier molecular flexibility index (Phi) is 3.16. The molecule has 0 unspecified atom stereocenters. The van der Waals surface area contributed by atoms with E-state index in [0.29, 0.717) is 6.04 Å². The molecule has 1 fully saturated rings. The minimum absolute atomic E-state index is 0.315. The second kappa shape index (κ2) is 4.97. The van der Waals surface area contributed by atoms with Crippen LogP contribution in [0.25, 0.3) is 11.4 Å². The number of aromatic nitrogens is 4. The van der Waals surface area contributed by atoms with Gasteiger partial charge in [-0.1, -0.05) is 0 Å². The molecule has 1 aromatic carbocycles. The van der Waals surface area contributed by atoms with Gasteiger partial charge in [-0.3, -0.25) is 0 Å². The molecule has 6 heteroatoms. The summed E-state index contributed by atoms with van der Waals surface area (Å²) in [6.07, 6.45) is 1.90. The summed E-state index contributed by atoms with van der Waals surface area (Å²) >= 11 is 0. The van der Waals surface area contributed by atoms with Gasteiger partial charge in [0.15, 0.2) is 5.82 Å². The Morgan fingerprint density at radius 3 is 2.84 bits per heavy atom. The van der Waals surface area contributed by atoms with Gasteiger partial charge in [-0.2, -0.15) is 0 Å². The Balaban J connectivity index is 1.99. The highest BCUT2D eigenvalue weighted by atomic mass is 16.5. The third-order valence-corrected chi connectivity index (χ3v) is 3.52. The van der Waals surface area contributed by atoms with Gasteiger partial charge in [-0.15, -0.1) is 5.10 Å². The smallest absolute Gasteiger partial charge is 0.182 e. The van der Waals surface area contributed by atoms with Crippen molar-refractivity contribution in [2.45, 2.75) is 25.8 Å². The maximum atomic E-state index is 5.79. The Labute approximate surface area is 111 Å². The second-order valence-electron chi connectivity index (χ2n) is 4.86. The molecule has 6 nitrogen and oxygen atoms in total. The normalized spacial score (nSPS) is 16.7. The van der Waals surface area contributed by atoms with Crippen LogP contribution in [0.15, 0.2) is 18.2 Å². The van der Waals surface area contributed by atoms with Crippen molar-refractivity contribution in [2.24, 2.45) is 0 Å². The van der Waals surface area contributed by atoms with Crippen LogP contribution in [0.2, 0.25) is 0 Å². The van der Waals surface area contributed by atoms with E-state index in [1.54, 1.807) is 0 Å². The summed E-state index contributed by atoms with van der Waals surface area (Å²) in [6, 6.07) is 6.12. The van der Waals surface area contributed by atoms with E-state index in [0.717, 1.165) is 48.7 Å². The standard InChI is InChI=1S/C13H17N5O/c1-9-8-10(14)2-3-12(9)13-15-16-17-18(13)11-4-6-19-7-5-11/h2-3,8,11H,4-7,14H2,1H3. The van der Waals surface area contributed by atoms with Crippen LogP contribution in [-0.2, 0) is 4.74 Å². The Morgan fingerprint density at radius 2 is 2.11 bits per heavy atom. The molecule has 1 aromatic heterocycles. The van der Waals surface area contributed by atoms with Gasteiger partial charge in [-0.25, -0.2) is 4.68 Å². The minimum Gasteiger partial charge on any atom is -0.399 e. The number of ether oxygens (including phenoxy) is 1. The predicted molar refractivity (Wildman–Crippen MR) is 71.5 cm³/mol. The van der Waals surface area contributed by atoms with Crippen molar-refractivity contribution in [3.63, 3.8) is 0 Å². The van der Waals surface area contributed by atoms with E-state index in [2.05, 4.69) is 15.5 Å². The number of hydrogen-bond acceptors (Lipinski definition) is 5. The van der Waals surface area contributed by atoms with Gasteiger partial charge in [-0.05, 0) is 54.0 Å². The first-order valence-electron chi connectivity index (χ1n) is 6.48. The van der Waals surface area contributed by atoms with Gasteiger partial charge in [0.25, 0.3) is 0 Å². The van der Waals surface area contributed by atoms with Gasteiger partial charge >= 0.3 is 0 Å². The molecule has 19 heavy (non-hydrogen) atoms. The zero-order chi connectivity index (χ0) is 13.2. The van der Waals surface area contributed by atoms with Crippen LogP contribution in [0.1, 0.15) is 24.4 Å². The highest BCUT2D eigenvalue weighted by Gasteiger charge is 2.21. The molecule has 0 amide bonds. The first-order valence-corrected chi connectivity index (χ1v) is 6.48. The quantitative estimate of drug-likeness (QED) is 0.828. The number of rotatable bonds is 2. The van der Waals surface area contributed by atoms with E-state index in [9.17, 15) is 0 Å². The molecule has 0 atom stereocenters. The van der Waals surface area contributed by atoms with Crippen LogP contribution in [0.4, 0.5) is 5.69 Å². The number of nitrogens with two attached hydrogens (primary N) is 1. The summed E-state index contributed by atoms with van der Waals surface area (Å²) in [4.78, 5) is 0. The maximum absolute atomic E-state index is 5.79. The summed E-state index contributed by atoms with van der Waals surface area (Å²) in [5.74, 6) is 0.810. The molecule has 3 rings (SSSR count). The monoisotopic (exact) mass is 259 g/mol. The zero-order valence-electron chi connectivity index (χ0n) is 10.9. The van der Waals surface area contributed by atoms with Gasteiger partial charge in [0.2, 0.25) is 0 Å². The zero-order valence-corrected chi connectivity index (χ0v) is 10.9. The van der Waals surface area contributed by atoms with Crippen LogP contribution in [-0.4, -0.2) is 33.4 Å². The highest BCUT2D eigenvalue weighted by Crippen LogP contribution is 2.28. The molecule has 0 bridgehead atoms. The van der Waals surface area contributed by atoms with Gasteiger partial charge in [0.05, 0.1) is 6.04 Å². The third kappa shape index (κ3) is 2.31. The number of nitrogen functional groups attached to an aromatic ring is 1. The Hall–Kier alpha value is -1.95. The van der Waals surface area contributed by atoms with Crippen molar-refractivity contribution in [1.82, 2.24) is 20.2 Å². The van der Waals surface area contributed by atoms with Crippen LogP contribution in [0.5, 0.6) is 0 Å². The van der Waals surface area contributed by atoms with Gasteiger partial charge < -0.3 is 10.5 Å². The summed E-state index contributed by atoms with van der Waals surface area (Å²) in [5, 5.41) is 12.1. The van der Waals surface area contributed by atoms with E-state index < -0.39 is 0 Å². The number of benzene rings is 1. The molecule has 0 radical (unpaired) electrons. The highest BCUT2D eigenvalue weighted by molar-refractivity contribution is 5.63. The molecule has 1 aliphatic heterocycles. The topological polar surface area (TPSA) is 78.9 Å². The molecule has 0 spiro atoms. The van der Waals surface area contributed by atoms with Crippen molar-refractivity contribution in [3.8, 4) is 11.4 Å². The van der Waals surface area contributed by atoms with Crippen LogP contribution < -0.4 is 5.73 Å². The van der Waals surface area contributed by atoms with E-state index in [1.165, 1.54) is 0 Å². The van der Waals surface area contributed by atoms with Crippen LogP contribution in [0, 0.1) is 6.92 Å². The summed E-state index contributed by atoms with van der Waals surface area (Å²) in [7, 11) is 0. The summed E-state index contributed by atoms with van der Waals surface area (Å²) < 4.78 is 7.30. The summed E-state index contributed by atoms with van der Waals surface area (Å²) in [5.41, 5.74) is 8.66. The molecular formula is C13H17N5O. The maximum Gasteiger partial charge on any atom is 0.182 e. The van der Waals surface area contributed by atoms with Gasteiger partial charge in [0.1, 0.15) is 0 Å². The van der Waals surface area contributed by atoms with Crippen LogP contribution >= 0.6 is 0 Å². The fourth-order valence-corrected chi connectivity index (χ4v) is 2.48. The summed E-state index contributed by atoms with van der Waals surface area (Å²) in [6.45, 7) is 3.56. The van der Waals surface area contributed by atoms with Crippen molar-refractivity contribution in [1.29, 1.82) is 0 Å². The number of hydrogen-bond donors (Lipinski definition) is 1. The molecule has 1 saturated heterocycles. The molecule has 2 heterocycles.